The Balaban J connectivity index is 1.33. The molecule has 32 heavy (non-hydrogen) atoms. The number of nitrogens with zero attached hydrogens (tertiary/aromatic N) is 5. The fourth-order valence-corrected chi connectivity index (χ4v) is 4.86. The largest absolute Gasteiger partial charge is 0.381 e. The SMILES string of the molecule is Cc1nc(N2CCN(C(=O)C3(c4ccccc4)CCOCC3)CC2)cc(-n2cccc2)n1. The number of aryl methyl sites for hydroxylation is 1. The Morgan fingerprint density at radius 3 is 2.25 bits per heavy atom. The lowest BCUT2D eigenvalue weighted by atomic mass is 9.73. The summed E-state index contributed by atoms with van der Waals surface area (Å²) in [7, 11) is 0. The predicted octanol–water partition coefficient (Wildman–Crippen LogP) is 2.97. The molecule has 3 aromatic rings. The van der Waals surface area contributed by atoms with Crippen LogP contribution in [-0.4, -0.2) is 64.7 Å². The first-order valence-corrected chi connectivity index (χ1v) is 11.3. The van der Waals surface area contributed by atoms with Crippen LogP contribution in [0.5, 0.6) is 0 Å². The highest BCUT2D eigenvalue weighted by atomic mass is 16.5. The Morgan fingerprint density at radius 2 is 1.56 bits per heavy atom. The normalized spacial score (nSPS) is 18.5. The third kappa shape index (κ3) is 3.88. The Labute approximate surface area is 188 Å². The van der Waals surface area contributed by atoms with Crippen LogP contribution in [0.15, 0.2) is 60.9 Å². The fraction of sp³-hybridized carbons (Fsp3) is 0.400. The second kappa shape index (κ2) is 8.74. The quantitative estimate of drug-likeness (QED) is 0.636. The van der Waals surface area contributed by atoms with Crippen molar-refractivity contribution in [1.82, 2.24) is 19.4 Å². The van der Waals surface area contributed by atoms with Gasteiger partial charge in [-0.25, -0.2) is 9.97 Å². The number of hydrogen-bond donors (Lipinski definition) is 0. The summed E-state index contributed by atoms with van der Waals surface area (Å²) in [5.74, 6) is 2.76. The lowest BCUT2D eigenvalue weighted by Crippen LogP contribution is -2.56. The minimum atomic E-state index is -0.477. The summed E-state index contributed by atoms with van der Waals surface area (Å²) >= 11 is 0. The van der Waals surface area contributed by atoms with Crippen LogP contribution in [0.2, 0.25) is 0 Å². The van der Waals surface area contributed by atoms with Gasteiger partial charge in [-0.2, -0.15) is 0 Å². The van der Waals surface area contributed by atoms with Gasteiger partial charge >= 0.3 is 0 Å². The predicted molar refractivity (Wildman–Crippen MR) is 123 cm³/mol. The van der Waals surface area contributed by atoms with E-state index in [1.165, 1.54) is 0 Å². The number of piperazine rings is 1. The zero-order valence-corrected chi connectivity index (χ0v) is 18.5. The molecule has 0 atom stereocenters. The molecule has 2 fully saturated rings. The highest BCUT2D eigenvalue weighted by Gasteiger charge is 2.44. The van der Waals surface area contributed by atoms with Gasteiger partial charge in [0.25, 0.3) is 0 Å². The Morgan fingerprint density at radius 1 is 0.906 bits per heavy atom. The molecule has 2 aliphatic heterocycles. The molecule has 2 aliphatic rings. The number of carbonyl (C=O) groups is 1. The molecule has 0 unspecified atom stereocenters. The van der Waals surface area contributed by atoms with E-state index in [-0.39, 0.29) is 5.91 Å². The molecule has 7 nitrogen and oxygen atoms in total. The van der Waals surface area contributed by atoms with E-state index in [0.29, 0.717) is 26.3 Å². The maximum absolute atomic E-state index is 13.8. The van der Waals surface area contributed by atoms with Gasteiger partial charge in [0.1, 0.15) is 17.5 Å². The summed E-state index contributed by atoms with van der Waals surface area (Å²) in [5, 5.41) is 0. The van der Waals surface area contributed by atoms with Crippen molar-refractivity contribution in [3.05, 3.63) is 72.3 Å². The van der Waals surface area contributed by atoms with Crippen molar-refractivity contribution in [1.29, 1.82) is 0 Å². The zero-order valence-electron chi connectivity index (χ0n) is 18.5. The standard InChI is InChI=1S/C25H29N5O2/c1-20-26-22(28-11-5-6-12-28)19-23(27-20)29-13-15-30(16-14-29)24(31)25(9-17-32-18-10-25)21-7-3-2-4-8-21/h2-8,11-12,19H,9-10,13-18H2,1H3. The molecule has 166 valence electrons. The van der Waals surface area contributed by atoms with Gasteiger partial charge < -0.3 is 19.1 Å². The molecule has 0 bridgehead atoms. The minimum absolute atomic E-state index is 0.235. The first-order valence-electron chi connectivity index (χ1n) is 11.3. The number of carbonyl (C=O) groups excluding carboxylic acids is 1. The van der Waals surface area contributed by atoms with Gasteiger partial charge in [-0.15, -0.1) is 0 Å². The smallest absolute Gasteiger partial charge is 0.233 e. The molecule has 2 saturated heterocycles. The molecule has 0 radical (unpaired) electrons. The van der Waals surface area contributed by atoms with Crippen LogP contribution in [0.25, 0.3) is 5.82 Å². The van der Waals surface area contributed by atoms with E-state index in [1.807, 2.05) is 65.2 Å². The van der Waals surface area contributed by atoms with Crippen molar-refractivity contribution >= 4 is 11.7 Å². The summed E-state index contributed by atoms with van der Waals surface area (Å²) in [6, 6.07) is 16.2. The van der Waals surface area contributed by atoms with Crippen LogP contribution >= 0.6 is 0 Å². The Hall–Kier alpha value is -3.19. The number of aromatic nitrogens is 3. The number of amides is 1. The highest BCUT2D eigenvalue weighted by molar-refractivity contribution is 5.88. The number of hydrogen-bond acceptors (Lipinski definition) is 5. The minimum Gasteiger partial charge on any atom is -0.381 e. The molecular weight excluding hydrogens is 402 g/mol. The van der Waals surface area contributed by atoms with Gasteiger partial charge in [0.2, 0.25) is 5.91 Å². The van der Waals surface area contributed by atoms with Crippen LogP contribution in [0.3, 0.4) is 0 Å². The van der Waals surface area contributed by atoms with Crippen molar-refractivity contribution in [2.45, 2.75) is 25.2 Å². The van der Waals surface area contributed by atoms with Crippen LogP contribution in [0.4, 0.5) is 5.82 Å². The maximum Gasteiger partial charge on any atom is 0.233 e. The van der Waals surface area contributed by atoms with Crippen molar-refractivity contribution in [3.63, 3.8) is 0 Å². The van der Waals surface area contributed by atoms with Gasteiger partial charge in [0.05, 0.1) is 5.41 Å². The summed E-state index contributed by atoms with van der Waals surface area (Å²) in [6.45, 7) is 6.08. The second-order valence-electron chi connectivity index (χ2n) is 8.56. The molecule has 4 heterocycles. The number of benzene rings is 1. The van der Waals surface area contributed by atoms with Crippen LogP contribution < -0.4 is 4.90 Å². The summed E-state index contributed by atoms with van der Waals surface area (Å²) in [4.78, 5) is 27.3. The molecule has 0 saturated carbocycles. The average molecular weight is 432 g/mol. The lowest BCUT2D eigenvalue weighted by Gasteiger charge is -2.43. The van der Waals surface area contributed by atoms with Gasteiger partial charge in [-0.05, 0) is 37.5 Å². The van der Waals surface area contributed by atoms with E-state index < -0.39 is 5.41 Å². The van der Waals surface area contributed by atoms with Crippen LogP contribution in [-0.2, 0) is 14.9 Å². The van der Waals surface area contributed by atoms with E-state index in [1.54, 1.807) is 0 Å². The van der Waals surface area contributed by atoms with Crippen molar-refractivity contribution in [2.24, 2.45) is 0 Å². The second-order valence-corrected chi connectivity index (χ2v) is 8.56. The summed E-state index contributed by atoms with van der Waals surface area (Å²) in [6.07, 6.45) is 5.45. The van der Waals surface area contributed by atoms with Crippen molar-refractivity contribution in [3.8, 4) is 5.82 Å². The average Bonchev–Trinajstić information content (AvgIpc) is 3.40. The third-order valence-corrected chi connectivity index (χ3v) is 6.65. The zero-order chi connectivity index (χ0) is 22.0. The van der Waals surface area contributed by atoms with E-state index in [9.17, 15) is 4.79 Å². The van der Waals surface area contributed by atoms with E-state index in [0.717, 1.165) is 49.0 Å². The number of ether oxygens (including phenoxy) is 1. The van der Waals surface area contributed by atoms with Crippen molar-refractivity contribution < 1.29 is 9.53 Å². The molecule has 1 aromatic carbocycles. The molecule has 7 heteroatoms. The lowest BCUT2D eigenvalue weighted by molar-refractivity contribution is -0.141. The monoisotopic (exact) mass is 431 g/mol. The van der Waals surface area contributed by atoms with Crippen LogP contribution in [0.1, 0.15) is 24.2 Å². The Bertz CT molecular complexity index is 1050. The molecular formula is C25H29N5O2. The molecule has 0 spiro atoms. The van der Waals surface area contributed by atoms with Gasteiger partial charge in [0, 0.05) is 57.9 Å². The first kappa shape index (κ1) is 20.7. The topological polar surface area (TPSA) is 63.5 Å². The molecule has 0 N–H and O–H groups in total. The summed E-state index contributed by atoms with van der Waals surface area (Å²) < 4.78 is 7.61. The van der Waals surface area contributed by atoms with Crippen LogP contribution in [0, 0.1) is 6.92 Å². The third-order valence-electron chi connectivity index (χ3n) is 6.65. The fourth-order valence-electron chi connectivity index (χ4n) is 4.86. The van der Waals surface area contributed by atoms with E-state index in [4.69, 9.17) is 4.74 Å². The van der Waals surface area contributed by atoms with E-state index >= 15 is 0 Å². The van der Waals surface area contributed by atoms with Gasteiger partial charge in [-0.3, -0.25) is 4.79 Å². The Kier molecular flexibility index (Phi) is 5.66. The molecule has 2 aromatic heterocycles. The van der Waals surface area contributed by atoms with E-state index in [2.05, 4.69) is 27.0 Å². The molecule has 1 amide bonds. The maximum atomic E-state index is 13.8. The van der Waals surface area contributed by atoms with Gasteiger partial charge in [0.15, 0.2) is 0 Å². The number of anilines is 1. The van der Waals surface area contributed by atoms with Crippen molar-refractivity contribution in [2.75, 3.05) is 44.3 Å². The molecule has 5 rings (SSSR count). The number of rotatable bonds is 4. The molecule has 0 aliphatic carbocycles. The first-order chi connectivity index (χ1) is 15.7. The van der Waals surface area contributed by atoms with Gasteiger partial charge in [-0.1, -0.05) is 30.3 Å². The highest BCUT2D eigenvalue weighted by Crippen LogP contribution is 2.37. The summed E-state index contributed by atoms with van der Waals surface area (Å²) in [5.41, 5.74) is 0.632.